The lowest BCUT2D eigenvalue weighted by molar-refractivity contribution is -0.0534. The zero-order valence-electron chi connectivity index (χ0n) is 11.1. The minimum absolute atomic E-state index is 0.355. The van der Waals surface area contributed by atoms with Crippen LogP contribution < -0.4 is 5.73 Å². The third-order valence-electron chi connectivity index (χ3n) is 4.76. The van der Waals surface area contributed by atoms with E-state index in [4.69, 9.17) is 5.73 Å². The van der Waals surface area contributed by atoms with Crippen molar-refractivity contribution >= 4 is 0 Å². The number of hydrogen-bond acceptors (Lipinski definition) is 3. The maximum absolute atomic E-state index is 6.03. The van der Waals surface area contributed by atoms with Gasteiger partial charge < -0.3 is 10.6 Å². The fraction of sp³-hybridized carbons (Fsp3) is 1.00. The first-order valence-electron chi connectivity index (χ1n) is 6.76. The quantitative estimate of drug-likeness (QED) is 0.782. The summed E-state index contributed by atoms with van der Waals surface area (Å²) >= 11 is 0. The SMILES string of the molecule is CCC1CN(C2(CN)CC(C)C2)CCN1C. The van der Waals surface area contributed by atoms with E-state index in [0.717, 1.165) is 18.5 Å². The molecule has 16 heavy (non-hydrogen) atoms. The molecule has 1 atom stereocenters. The van der Waals surface area contributed by atoms with Crippen molar-refractivity contribution in [3.63, 3.8) is 0 Å². The minimum Gasteiger partial charge on any atom is -0.329 e. The van der Waals surface area contributed by atoms with Crippen LogP contribution in [0.2, 0.25) is 0 Å². The topological polar surface area (TPSA) is 32.5 Å². The van der Waals surface area contributed by atoms with Crippen LogP contribution in [0, 0.1) is 5.92 Å². The predicted octanol–water partition coefficient (Wildman–Crippen LogP) is 1.14. The lowest BCUT2D eigenvalue weighted by atomic mass is 9.67. The van der Waals surface area contributed by atoms with Crippen molar-refractivity contribution in [2.24, 2.45) is 11.7 Å². The second kappa shape index (κ2) is 4.63. The molecule has 3 heteroatoms. The van der Waals surface area contributed by atoms with Gasteiger partial charge in [0.05, 0.1) is 0 Å². The Labute approximate surface area is 100.0 Å². The van der Waals surface area contributed by atoms with E-state index in [-0.39, 0.29) is 0 Å². The molecule has 1 aliphatic carbocycles. The number of nitrogens with two attached hydrogens (primary N) is 1. The molecule has 94 valence electrons. The highest BCUT2D eigenvalue weighted by Gasteiger charge is 2.46. The van der Waals surface area contributed by atoms with Crippen LogP contribution in [0.25, 0.3) is 0 Å². The molecular weight excluding hydrogens is 198 g/mol. The van der Waals surface area contributed by atoms with Crippen molar-refractivity contribution in [1.29, 1.82) is 0 Å². The maximum atomic E-state index is 6.03. The van der Waals surface area contributed by atoms with E-state index >= 15 is 0 Å². The molecule has 0 spiro atoms. The zero-order valence-corrected chi connectivity index (χ0v) is 11.1. The van der Waals surface area contributed by atoms with Crippen LogP contribution in [0.15, 0.2) is 0 Å². The normalized spacial score (nSPS) is 42.0. The summed E-state index contributed by atoms with van der Waals surface area (Å²) in [5.74, 6) is 0.878. The molecule has 1 heterocycles. The molecule has 2 fully saturated rings. The summed E-state index contributed by atoms with van der Waals surface area (Å²) in [7, 11) is 2.25. The van der Waals surface area contributed by atoms with E-state index in [1.54, 1.807) is 0 Å². The molecule has 0 aromatic rings. The molecule has 0 bridgehead atoms. The van der Waals surface area contributed by atoms with Crippen molar-refractivity contribution in [2.75, 3.05) is 33.2 Å². The molecule has 3 nitrogen and oxygen atoms in total. The first kappa shape index (κ1) is 12.3. The summed E-state index contributed by atoms with van der Waals surface area (Å²) in [6.07, 6.45) is 3.87. The standard InChI is InChI=1S/C13H27N3/c1-4-12-9-16(6-5-15(12)3)13(10-14)7-11(2)8-13/h11-12H,4-10,14H2,1-3H3. The predicted molar refractivity (Wildman–Crippen MR) is 68.5 cm³/mol. The first-order chi connectivity index (χ1) is 7.61. The summed E-state index contributed by atoms with van der Waals surface area (Å²) in [6, 6.07) is 0.730. The molecule has 1 saturated carbocycles. The lowest BCUT2D eigenvalue weighted by Gasteiger charge is -2.56. The van der Waals surface area contributed by atoms with E-state index in [1.165, 1.54) is 38.9 Å². The Kier molecular flexibility index (Phi) is 3.57. The van der Waals surface area contributed by atoms with Crippen molar-refractivity contribution in [1.82, 2.24) is 9.80 Å². The molecule has 2 aliphatic rings. The van der Waals surface area contributed by atoms with Gasteiger partial charge in [-0.25, -0.2) is 0 Å². The number of piperazine rings is 1. The largest absolute Gasteiger partial charge is 0.329 e. The fourth-order valence-electron chi connectivity index (χ4n) is 3.61. The molecule has 1 unspecified atom stereocenters. The average molecular weight is 225 g/mol. The summed E-state index contributed by atoms with van der Waals surface area (Å²) < 4.78 is 0. The third-order valence-corrected chi connectivity index (χ3v) is 4.76. The van der Waals surface area contributed by atoms with E-state index in [0.29, 0.717) is 5.54 Å². The van der Waals surface area contributed by atoms with Crippen LogP contribution in [0.4, 0.5) is 0 Å². The monoisotopic (exact) mass is 225 g/mol. The molecule has 0 amide bonds. The Balaban J connectivity index is 1.99. The highest BCUT2D eigenvalue weighted by Crippen LogP contribution is 2.42. The van der Waals surface area contributed by atoms with Gasteiger partial charge in [0, 0.05) is 37.8 Å². The van der Waals surface area contributed by atoms with E-state index in [1.807, 2.05) is 0 Å². The third kappa shape index (κ3) is 2.01. The summed E-state index contributed by atoms with van der Waals surface area (Å²) in [5.41, 5.74) is 6.38. The molecule has 2 N–H and O–H groups in total. The highest BCUT2D eigenvalue weighted by molar-refractivity contribution is 5.04. The van der Waals surface area contributed by atoms with Gasteiger partial charge in [0.25, 0.3) is 0 Å². The Bertz CT molecular complexity index is 235. The van der Waals surface area contributed by atoms with Gasteiger partial charge in [0.1, 0.15) is 0 Å². The molecule has 0 aromatic carbocycles. The Morgan fingerprint density at radius 3 is 2.50 bits per heavy atom. The van der Waals surface area contributed by atoms with Gasteiger partial charge in [-0.1, -0.05) is 13.8 Å². The number of hydrogen-bond donors (Lipinski definition) is 1. The molecule has 0 radical (unpaired) electrons. The van der Waals surface area contributed by atoms with Gasteiger partial charge in [0.15, 0.2) is 0 Å². The summed E-state index contributed by atoms with van der Waals surface area (Å²) in [6.45, 7) is 9.12. The van der Waals surface area contributed by atoms with Gasteiger partial charge in [-0.2, -0.15) is 0 Å². The van der Waals surface area contributed by atoms with Crippen LogP contribution in [0.3, 0.4) is 0 Å². The van der Waals surface area contributed by atoms with Crippen LogP contribution >= 0.6 is 0 Å². The van der Waals surface area contributed by atoms with E-state index < -0.39 is 0 Å². The van der Waals surface area contributed by atoms with Crippen LogP contribution in [0.5, 0.6) is 0 Å². The van der Waals surface area contributed by atoms with E-state index in [2.05, 4.69) is 30.7 Å². The first-order valence-corrected chi connectivity index (χ1v) is 6.76. The van der Waals surface area contributed by atoms with Gasteiger partial charge in [0.2, 0.25) is 0 Å². The summed E-state index contributed by atoms with van der Waals surface area (Å²) in [5, 5.41) is 0. The zero-order chi connectivity index (χ0) is 11.8. The van der Waals surface area contributed by atoms with Crippen molar-refractivity contribution in [3.8, 4) is 0 Å². The second-order valence-electron chi connectivity index (χ2n) is 5.93. The molecule has 2 rings (SSSR count). The molecule has 1 saturated heterocycles. The van der Waals surface area contributed by atoms with Crippen LogP contribution in [0.1, 0.15) is 33.1 Å². The molecule has 1 aliphatic heterocycles. The molecule has 0 aromatic heterocycles. The smallest absolute Gasteiger partial charge is 0.0338 e. The summed E-state index contributed by atoms with van der Waals surface area (Å²) in [4.78, 5) is 5.18. The lowest BCUT2D eigenvalue weighted by Crippen LogP contribution is -2.66. The van der Waals surface area contributed by atoms with Crippen molar-refractivity contribution in [2.45, 2.75) is 44.7 Å². The van der Waals surface area contributed by atoms with Crippen LogP contribution in [-0.2, 0) is 0 Å². The van der Waals surface area contributed by atoms with Crippen molar-refractivity contribution < 1.29 is 0 Å². The highest BCUT2D eigenvalue weighted by atomic mass is 15.3. The molecular formula is C13H27N3. The van der Waals surface area contributed by atoms with E-state index in [9.17, 15) is 0 Å². The Morgan fingerprint density at radius 1 is 1.31 bits per heavy atom. The number of rotatable bonds is 3. The second-order valence-corrected chi connectivity index (χ2v) is 5.93. The number of nitrogens with zero attached hydrogens (tertiary/aromatic N) is 2. The van der Waals surface area contributed by atoms with Crippen LogP contribution in [-0.4, -0.2) is 54.6 Å². The van der Waals surface area contributed by atoms with Gasteiger partial charge in [-0.05, 0) is 32.2 Å². The Morgan fingerprint density at radius 2 is 2.00 bits per heavy atom. The van der Waals surface area contributed by atoms with Crippen molar-refractivity contribution in [3.05, 3.63) is 0 Å². The van der Waals surface area contributed by atoms with Gasteiger partial charge >= 0.3 is 0 Å². The van der Waals surface area contributed by atoms with Gasteiger partial charge in [-0.3, -0.25) is 4.90 Å². The van der Waals surface area contributed by atoms with Gasteiger partial charge in [-0.15, -0.1) is 0 Å². The fourth-order valence-corrected chi connectivity index (χ4v) is 3.61. The number of likely N-dealkylation sites (N-methyl/N-ethyl adjacent to an activating group) is 1. The maximum Gasteiger partial charge on any atom is 0.0338 e. The Hall–Kier alpha value is -0.120. The average Bonchev–Trinajstić information content (AvgIpc) is 2.25. The minimum atomic E-state index is 0.355.